The Bertz CT molecular complexity index is 329. The predicted molar refractivity (Wildman–Crippen MR) is 69.5 cm³/mol. The lowest BCUT2D eigenvalue weighted by Gasteiger charge is -2.09. The van der Waals surface area contributed by atoms with E-state index in [1.165, 1.54) is 0 Å². The van der Waals surface area contributed by atoms with Crippen LogP contribution in [-0.4, -0.2) is 39.5 Å². The minimum absolute atomic E-state index is 0.0429. The maximum absolute atomic E-state index is 11.8. The van der Waals surface area contributed by atoms with Gasteiger partial charge < -0.3 is 5.32 Å². The van der Waals surface area contributed by atoms with Gasteiger partial charge in [-0.25, -0.2) is 13.1 Å². The average Bonchev–Trinajstić information content (AvgIpc) is 2.22. The van der Waals surface area contributed by atoms with Crippen molar-refractivity contribution in [2.45, 2.75) is 51.7 Å². The summed E-state index contributed by atoms with van der Waals surface area (Å²) in [7, 11) is -3.45. The SMILES string of the molecule is CC(C)NCCCCS(=O)(=O)NCCCC(F)(F)F. The van der Waals surface area contributed by atoms with Crippen molar-refractivity contribution in [3.63, 3.8) is 0 Å². The minimum atomic E-state index is -4.23. The number of nitrogens with one attached hydrogen (secondary N) is 2. The quantitative estimate of drug-likeness (QED) is 0.607. The van der Waals surface area contributed by atoms with Crippen molar-refractivity contribution in [3.8, 4) is 0 Å². The number of hydrogen-bond donors (Lipinski definition) is 2. The third-order valence-electron chi connectivity index (χ3n) is 2.35. The zero-order valence-corrected chi connectivity index (χ0v) is 12.2. The van der Waals surface area contributed by atoms with E-state index >= 15 is 0 Å². The van der Waals surface area contributed by atoms with Crippen molar-refractivity contribution in [2.75, 3.05) is 18.8 Å². The summed E-state index contributed by atoms with van der Waals surface area (Å²) in [4.78, 5) is 0. The van der Waals surface area contributed by atoms with Crippen molar-refractivity contribution in [1.82, 2.24) is 10.0 Å². The lowest BCUT2D eigenvalue weighted by molar-refractivity contribution is -0.135. The molecule has 8 heteroatoms. The Labute approximate surface area is 113 Å². The standard InChI is InChI=1S/C11H23F3N2O2S/c1-10(2)15-7-3-4-9-19(17,18)16-8-5-6-11(12,13)14/h10,15-16H,3-9H2,1-2H3. The lowest BCUT2D eigenvalue weighted by Crippen LogP contribution is -2.29. The van der Waals surface area contributed by atoms with Crippen LogP contribution in [0.1, 0.15) is 39.5 Å². The van der Waals surface area contributed by atoms with Gasteiger partial charge in [0, 0.05) is 19.0 Å². The first-order chi connectivity index (χ1) is 8.62. The van der Waals surface area contributed by atoms with Crippen LogP contribution in [0.15, 0.2) is 0 Å². The molecule has 0 saturated heterocycles. The van der Waals surface area contributed by atoms with Gasteiger partial charge >= 0.3 is 6.18 Å². The van der Waals surface area contributed by atoms with Gasteiger partial charge in [0.25, 0.3) is 0 Å². The Morgan fingerprint density at radius 1 is 1.05 bits per heavy atom. The van der Waals surface area contributed by atoms with Crippen LogP contribution in [0.3, 0.4) is 0 Å². The van der Waals surface area contributed by atoms with Crippen molar-refractivity contribution < 1.29 is 21.6 Å². The first kappa shape index (κ1) is 18.7. The predicted octanol–water partition coefficient (Wildman–Crippen LogP) is 2.03. The van der Waals surface area contributed by atoms with Gasteiger partial charge in [0.15, 0.2) is 0 Å². The van der Waals surface area contributed by atoms with E-state index in [9.17, 15) is 21.6 Å². The highest BCUT2D eigenvalue weighted by molar-refractivity contribution is 7.89. The van der Waals surface area contributed by atoms with E-state index in [0.29, 0.717) is 12.5 Å². The minimum Gasteiger partial charge on any atom is -0.315 e. The largest absolute Gasteiger partial charge is 0.389 e. The van der Waals surface area contributed by atoms with Crippen LogP contribution in [0.25, 0.3) is 0 Å². The molecule has 0 radical (unpaired) electrons. The summed E-state index contributed by atoms with van der Waals surface area (Å²) in [5.74, 6) is -0.0429. The molecule has 0 aromatic rings. The van der Waals surface area contributed by atoms with E-state index in [2.05, 4.69) is 10.0 Å². The van der Waals surface area contributed by atoms with E-state index < -0.39 is 22.6 Å². The third-order valence-corrected chi connectivity index (χ3v) is 3.82. The second-order valence-electron chi connectivity index (χ2n) is 4.75. The molecule has 19 heavy (non-hydrogen) atoms. The van der Waals surface area contributed by atoms with Crippen LogP contribution in [0.4, 0.5) is 13.2 Å². The lowest BCUT2D eigenvalue weighted by atomic mass is 10.3. The first-order valence-corrected chi connectivity index (χ1v) is 8.05. The third kappa shape index (κ3) is 13.9. The summed E-state index contributed by atoms with van der Waals surface area (Å²) in [5, 5.41) is 3.16. The second kappa shape index (κ2) is 8.76. The summed E-state index contributed by atoms with van der Waals surface area (Å²) in [5.41, 5.74) is 0. The van der Waals surface area contributed by atoms with Gasteiger partial charge in [-0.1, -0.05) is 13.8 Å². The Morgan fingerprint density at radius 2 is 1.68 bits per heavy atom. The molecule has 0 amide bonds. The highest BCUT2D eigenvalue weighted by Crippen LogP contribution is 2.20. The maximum atomic E-state index is 11.8. The van der Waals surface area contributed by atoms with Gasteiger partial charge in [-0.2, -0.15) is 13.2 Å². The molecular weight excluding hydrogens is 281 g/mol. The number of rotatable bonds is 10. The van der Waals surface area contributed by atoms with Crippen molar-refractivity contribution in [3.05, 3.63) is 0 Å². The zero-order valence-electron chi connectivity index (χ0n) is 11.4. The van der Waals surface area contributed by atoms with E-state index in [0.717, 1.165) is 13.0 Å². The zero-order chi connectivity index (χ0) is 14.9. The number of halogens is 3. The van der Waals surface area contributed by atoms with Crippen LogP contribution < -0.4 is 10.0 Å². The van der Waals surface area contributed by atoms with Crippen molar-refractivity contribution in [2.24, 2.45) is 0 Å². The molecule has 0 atom stereocenters. The summed E-state index contributed by atoms with van der Waals surface area (Å²) in [6.45, 7) is 4.57. The highest BCUT2D eigenvalue weighted by Gasteiger charge is 2.26. The molecule has 0 aliphatic carbocycles. The highest BCUT2D eigenvalue weighted by atomic mass is 32.2. The molecule has 0 aliphatic rings. The fourth-order valence-corrected chi connectivity index (χ4v) is 2.58. The van der Waals surface area contributed by atoms with Crippen LogP contribution in [-0.2, 0) is 10.0 Å². The van der Waals surface area contributed by atoms with Crippen LogP contribution >= 0.6 is 0 Å². The molecular formula is C11H23F3N2O2S. The van der Waals surface area contributed by atoms with Gasteiger partial charge in [0.2, 0.25) is 10.0 Å². The van der Waals surface area contributed by atoms with Gasteiger partial charge in [-0.3, -0.25) is 0 Å². The number of alkyl halides is 3. The van der Waals surface area contributed by atoms with Gasteiger partial charge in [0.1, 0.15) is 0 Å². The number of sulfonamides is 1. The molecule has 0 unspecified atom stereocenters. The summed E-state index contributed by atoms with van der Waals surface area (Å²) < 4.78 is 60.6. The Morgan fingerprint density at radius 3 is 2.21 bits per heavy atom. The summed E-state index contributed by atoms with van der Waals surface area (Å²) in [6, 6.07) is 0.358. The monoisotopic (exact) mass is 304 g/mol. The number of unbranched alkanes of at least 4 members (excludes halogenated alkanes) is 1. The number of hydrogen-bond acceptors (Lipinski definition) is 3. The smallest absolute Gasteiger partial charge is 0.315 e. The van der Waals surface area contributed by atoms with E-state index in [1.54, 1.807) is 0 Å². The van der Waals surface area contributed by atoms with Crippen molar-refractivity contribution in [1.29, 1.82) is 0 Å². The molecule has 2 N–H and O–H groups in total. The van der Waals surface area contributed by atoms with E-state index in [-0.39, 0.29) is 18.7 Å². The molecule has 116 valence electrons. The topological polar surface area (TPSA) is 58.2 Å². The van der Waals surface area contributed by atoms with Gasteiger partial charge in [-0.05, 0) is 25.8 Å². The molecule has 0 aromatic heterocycles. The molecule has 0 aromatic carbocycles. The molecule has 0 fully saturated rings. The normalized spacial score (nSPS) is 13.2. The molecule has 0 aliphatic heterocycles. The summed E-state index contributed by atoms with van der Waals surface area (Å²) in [6.07, 6.45) is -4.20. The van der Waals surface area contributed by atoms with Crippen LogP contribution in [0.5, 0.6) is 0 Å². The van der Waals surface area contributed by atoms with Crippen molar-refractivity contribution >= 4 is 10.0 Å². The second-order valence-corrected chi connectivity index (χ2v) is 6.67. The molecule has 4 nitrogen and oxygen atoms in total. The van der Waals surface area contributed by atoms with Crippen LogP contribution in [0.2, 0.25) is 0 Å². The Balaban J connectivity index is 3.64. The molecule has 0 rings (SSSR count). The Hall–Kier alpha value is -0.340. The Kier molecular flexibility index (Phi) is 8.60. The average molecular weight is 304 g/mol. The molecule has 0 heterocycles. The fourth-order valence-electron chi connectivity index (χ4n) is 1.40. The van der Waals surface area contributed by atoms with Gasteiger partial charge in [-0.15, -0.1) is 0 Å². The molecule has 0 spiro atoms. The van der Waals surface area contributed by atoms with Crippen LogP contribution in [0, 0.1) is 0 Å². The molecule has 0 saturated carbocycles. The first-order valence-electron chi connectivity index (χ1n) is 6.40. The maximum Gasteiger partial charge on any atom is 0.389 e. The van der Waals surface area contributed by atoms with E-state index in [1.807, 2.05) is 13.8 Å². The fraction of sp³-hybridized carbons (Fsp3) is 1.00. The van der Waals surface area contributed by atoms with Gasteiger partial charge in [0.05, 0.1) is 5.75 Å². The van der Waals surface area contributed by atoms with E-state index in [4.69, 9.17) is 0 Å². The molecule has 0 bridgehead atoms. The summed E-state index contributed by atoms with van der Waals surface area (Å²) >= 11 is 0.